The SMILES string of the molecule is NC(=Nc1ccc(-c2ccccc2)nn1)Nc1ccccc1OC(=O)CC(N)C1CC=CCC1. The van der Waals surface area contributed by atoms with E-state index in [2.05, 4.69) is 32.7 Å². The van der Waals surface area contributed by atoms with Gasteiger partial charge in [-0.15, -0.1) is 10.2 Å². The van der Waals surface area contributed by atoms with Crippen molar-refractivity contribution in [3.05, 3.63) is 78.9 Å². The lowest BCUT2D eigenvalue weighted by Crippen LogP contribution is -2.34. The second-order valence-corrected chi connectivity index (χ2v) is 8.15. The predicted octanol–water partition coefficient (Wildman–Crippen LogP) is 4.18. The number of esters is 1. The molecule has 0 saturated heterocycles. The van der Waals surface area contributed by atoms with Gasteiger partial charge >= 0.3 is 5.97 Å². The van der Waals surface area contributed by atoms with Crippen LogP contribution in [0.2, 0.25) is 0 Å². The normalized spacial score (nSPS) is 16.6. The first-order valence-corrected chi connectivity index (χ1v) is 11.3. The van der Waals surface area contributed by atoms with Gasteiger partial charge in [0.1, 0.15) is 0 Å². The highest BCUT2D eigenvalue weighted by Gasteiger charge is 2.22. The highest BCUT2D eigenvalue weighted by molar-refractivity contribution is 5.95. The fourth-order valence-electron chi connectivity index (χ4n) is 3.83. The third kappa shape index (κ3) is 6.26. The Morgan fingerprint density at radius 3 is 2.59 bits per heavy atom. The van der Waals surface area contributed by atoms with Crippen molar-refractivity contribution in [2.24, 2.45) is 22.4 Å². The molecule has 0 bridgehead atoms. The zero-order valence-corrected chi connectivity index (χ0v) is 18.8. The van der Waals surface area contributed by atoms with Crippen molar-refractivity contribution in [3.63, 3.8) is 0 Å². The average Bonchev–Trinajstić information content (AvgIpc) is 2.86. The first-order chi connectivity index (χ1) is 16.6. The molecule has 1 aromatic heterocycles. The van der Waals surface area contributed by atoms with Gasteiger partial charge in [0.2, 0.25) is 0 Å². The van der Waals surface area contributed by atoms with E-state index >= 15 is 0 Å². The standard InChI is InChI=1S/C26H28N6O2/c27-20(18-9-3-1-4-10-18)17-25(33)34-23-14-8-7-13-22(23)29-26(28)30-24-16-15-21(31-32-24)19-11-5-2-6-12-19/h1-3,5-8,11-16,18,20H,4,9-10,17,27H2,(H3,28,29,30,32). The molecule has 2 aromatic carbocycles. The maximum atomic E-state index is 12.5. The summed E-state index contributed by atoms with van der Waals surface area (Å²) in [6.07, 6.45) is 7.32. The van der Waals surface area contributed by atoms with Crippen LogP contribution in [0.5, 0.6) is 5.75 Å². The number of aliphatic imine (C=N–C) groups is 1. The molecule has 174 valence electrons. The third-order valence-electron chi connectivity index (χ3n) is 5.65. The Labute approximate surface area is 198 Å². The number of nitrogens with zero attached hydrogens (tertiary/aromatic N) is 3. The summed E-state index contributed by atoms with van der Waals surface area (Å²) < 4.78 is 5.58. The molecule has 0 spiro atoms. The topological polar surface area (TPSA) is 129 Å². The van der Waals surface area contributed by atoms with Crippen LogP contribution < -0.4 is 21.5 Å². The van der Waals surface area contributed by atoms with Crippen LogP contribution in [0.4, 0.5) is 11.5 Å². The van der Waals surface area contributed by atoms with Crippen LogP contribution in [0, 0.1) is 5.92 Å². The third-order valence-corrected chi connectivity index (χ3v) is 5.65. The highest BCUT2D eigenvalue weighted by atomic mass is 16.5. The van der Waals surface area contributed by atoms with Gasteiger partial charge in [-0.2, -0.15) is 4.99 Å². The zero-order valence-electron chi connectivity index (χ0n) is 18.8. The number of aromatic nitrogens is 2. The summed E-state index contributed by atoms with van der Waals surface area (Å²) in [7, 11) is 0. The highest BCUT2D eigenvalue weighted by Crippen LogP contribution is 2.26. The number of carbonyl (C=O) groups is 1. The molecule has 4 rings (SSSR count). The van der Waals surface area contributed by atoms with Crippen LogP contribution in [-0.4, -0.2) is 28.2 Å². The summed E-state index contributed by atoms with van der Waals surface area (Å²) in [5.41, 5.74) is 14.5. The van der Waals surface area contributed by atoms with E-state index in [4.69, 9.17) is 16.2 Å². The van der Waals surface area contributed by atoms with Gasteiger partial charge in [0, 0.05) is 11.6 Å². The van der Waals surface area contributed by atoms with E-state index in [1.807, 2.05) is 42.5 Å². The molecule has 0 radical (unpaired) electrons. The van der Waals surface area contributed by atoms with Crippen molar-refractivity contribution in [1.29, 1.82) is 0 Å². The van der Waals surface area contributed by atoms with Crippen molar-refractivity contribution in [3.8, 4) is 17.0 Å². The summed E-state index contributed by atoms with van der Waals surface area (Å²) in [5.74, 6) is 0.715. The maximum absolute atomic E-state index is 12.5. The monoisotopic (exact) mass is 456 g/mol. The molecule has 1 heterocycles. The van der Waals surface area contributed by atoms with Gasteiger partial charge in [-0.3, -0.25) is 4.79 Å². The Balaban J connectivity index is 1.38. The molecule has 0 fully saturated rings. The van der Waals surface area contributed by atoms with Crippen molar-refractivity contribution in [1.82, 2.24) is 10.2 Å². The lowest BCUT2D eigenvalue weighted by molar-refractivity contribution is -0.135. The first-order valence-electron chi connectivity index (χ1n) is 11.3. The predicted molar refractivity (Wildman–Crippen MR) is 134 cm³/mol. The van der Waals surface area contributed by atoms with Crippen molar-refractivity contribution >= 4 is 23.4 Å². The Morgan fingerprint density at radius 2 is 1.85 bits per heavy atom. The average molecular weight is 457 g/mol. The van der Waals surface area contributed by atoms with Gasteiger partial charge in [-0.05, 0) is 49.4 Å². The van der Waals surface area contributed by atoms with Crippen LogP contribution in [0.3, 0.4) is 0 Å². The summed E-state index contributed by atoms with van der Waals surface area (Å²) in [6.45, 7) is 0. The van der Waals surface area contributed by atoms with Gasteiger partial charge in [-0.1, -0.05) is 54.6 Å². The molecule has 0 amide bonds. The number of anilines is 1. The molecule has 8 nitrogen and oxygen atoms in total. The number of allylic oxidation sites excluding steroid dienone is 2. The molecule has 34 heavy (non-hydrogen) atoms. The van der Waals surface area contributed by atoms with Crippen LogP contribution in [0.1, 0.15) is 25.7 Å². The number of guanidine groups is 1. The van der Waals surface area contributed by atoms with E-state index in [-0.39, 0.29) is 24.4 Å². The fraction of sp³-hybridized carbons (Fsp3) is 0.231. The van der Waals surface area contributed by atoms with E-state index in [0.717, 1.165) is 30.5 Å². The van der Waals surface area contributed by atoms with Crippen LogP contribution in [-0.2, 0) is 4.79 Å². The van der Waals surface area contributed by atoms with E-state index in [1.165, 1.54) is 0 Å². The molecule has 0 aliphatic heterocycles. The minimum atomic E-state index is -0.380. The number of ether oxygens (including phenoxy) is 1. The second kappa shape index (κ2) is 11.2. The number of hydrogen-bond donors (Lipinski definition) is 3. The maximum Gasteiger partial charge on any atom is 0.312 e. The summed E-state index contributed by atoms with van der Waals surface area (Å²) in [4.78, 5) is 16.8. The quantitative estimate of drug-likeness (QED) is 0.160. The van der Waals surface area contributed by atoms with E-state index in [0.29, 0.717) is 23.2 Å². The van der Waals surface area contributed by atoms with Crippen LogP contribution in [0.15, 0.2) is 83.9 Å². The van der Waals surface area contributed by atoms with E-state index in [1.54, 1.807) is 24.3 Å². The van der Waals surface area contributed by atoms with Gasteiger partial charge in [-0.25, -0.2) is 0 Å². The molecular weight excluding hydrogens is 428 g/mol. The Kier molecular flexibility index (Phi) is 7.62. The number of hydrogen-bond acceptors (Lipinski definition) is 6. The molecule has 8 heteroatoms. The minimum Gasteiger partial charge on any atom is -0.424 e. The van der Waals surface area contributed by atoms with E-state index in [9.17, 15) is 4.79 Å². The van der Waals surface area contributed by atoms with Gasteiger partial charge < -0.3 is 21.5 Å². The Hall–Kier alpha value is -4.04. The number of nitrogens with two attached hydrogens (primary N) is 2. The molecule has 2 atom stereocenters. The smallest absolute Gasteiger partial charge is 0.312 e. The molecule has 3 aromatic rings. The van der Waals surface area contributed by atoms with Crippen LogP contribution >= 0.6 is 0 Å². The molecule has 1 aliphatic rings. The first kappa shape index (κ1) is 23.1. The molecular formula is C26H28N6O2. The van der Waals surface area contributed by atoms with Crippen molar-refractivity contribution in [2.45, 2.75) is 31.7 Å². The van der Waals surface area contributed by atoms with Crippen LogP contribution in [0.25, 0.3) is 11.3 Å². The largest absolute Gasteiger partial charge is 0.424 e. The van der Waals surface area contributed by atoms with Gasteiger partial charge in [0.15, 0.2) is 17.5 Å². The van der Waals surface area contributed by atoms with Crippen molar-refractivity contribution < 1.29 is 9.53 Å². The summed E-state index contributed by atoms with van der Waals surface area (Å²) in [6, 6.07) is 20.1. The Bertz CT molecular complexity index is 1160. The fourth-order valence-corrected chi connectivity index (χ4v) is 3.83. The summed E-state index contributed by atoms with van der Waals surface area (Å²) in [5, 5.41) is 11.3. The molecule has 0 saturated carbocycles. The summed E-state index contributed by atoms with van der Waals surface area (Å²) >= 11 is 0. The Morgan fingerprint density at radius 1 is 1.06 bits per heavy atom. The van der Waals surface area contributed by atoms with E-state index < -0.39 is 0 Å². The number of benzene rings is 2. The lowest BCUT2D eigenvalue weighted by atomic mass is 9.87. The number of carbonyl (C=O) groups excluding carboxylic acids is 1. The van der Waals surface area contributed by atoms with Gasteiger partial charge in [0.05, 0.1) is 17.8 Å². The molecule has 1 aliphatic carbocycles. The number of para-hydroxylation sites is 2. The molecule has 2 unspecified atom stereocenters. The van der Waals surface area contributed by atoms with Crippen molar-refractivity contribution in [2.75, 3.05) is 5.32 Å². The zero-order chi connectivity index (χ0) is 23.8. The minimum absolute atomic E-state index is 0.0935. The molecule has 5 N–H and O–H groups in total. The second-order valence-electron chi connectivity index (χ2n) is 8.15. The van der Waals surface area contributed by atoms with Gasteiger partial charge in [0.25, 0.3) is 0 Å². The number of rotatable bonds is 7. The number of nitrogens with one attached hydrogen (secondary N) is 1. The lowest BCUT2D eigenvalue weighted by Gasteiger charge is -2.24.